The molecule has 0 aliphatic carbocycles. The summed E-state index contributed by atoms with van der Waals surface area (Å²) in [4.78, 5) is 11.4. The van der Waals surface area contributed by atoms with Crippen molar-refractivity contribution in [1.82, 2.24) is 0 Å². The quantitative estimate of drug-likeness (QED) is 0.636. The second kappa shape index (κ2) is 6.42. The monoisotopic (exact) mass is 197 g/mol. The lowest BCUT2D eigenvalue weighted by molar-refractivity contribution is -0.148. The van der Waals surface area contributed by atoms with E-state index < -0.39 is 0 Å². The molecule has 0 radical (unpaired) electrons. The van der Waals surface area contributed by atoms with Gasteiger partial charge in [0.15, 0.2) is 0 Å². The van der Waals surface area contributed by atoms with Crippen molar-refractivity contribution in [1.29, 1.82) is 5.26 Å². The minimum Gasteiger partial charge on any atom is -0.466 e. The van der Waals surface area contributed by atoms with E-state index in [-0.39, 0.29) is 17.8 Å². The van der Waals surface area contributed by atoms with Crippen molar-refractivity contribution >= 4 is 5.97 Å². The fourth-order valence-corrected chi connectivity index (χ4v) is 1.31. The van der Waals surface area contributed by atoms with E-state index in [4.69, 9.17) is 10.00 Å². The van der Waals surface area contributed by atoms with Gasteiger partial charge in [-0.15, -0.1) is 0 Å². The van der Waals surface area contributed by atoms with Gasteiger partial charge in [-0.05, 0) is 19.3 Å². The first-order chi connectivity index (χ1) is 6.52. The van der Waals surface area contributed by atoms with Gasteiger partial charge in [0, 0.05) is 0 Å². The second-order valence-corrected chi connectivity index (χ2v) is 3.91. The molecule has 0 saturated carbocycles. The zero-order valence-corrected chi connectivity index (χ0v) is 9.41. The molecule has 14 heavy (non-hydrogen) atoms. The maximum Gasteiger partial charge on any atom is 0.309 e. The summed E-state index contributed by atoms with van der Waals surface area (Å²) in [6, 6.07) is 2.17. The lowest BCUT2D eigenvalue weighted by Gasteiger charge is -2.17. The molecule has 0 spiro atoms. The van der Waals surface area contributed by atoms with E-state index in [1.54, 1.807) is 13.8 Å². The molecule has 0 bridgehead atoms. The molecule has 0 aromatic carbocycles. The van der Waals surface area contributed by atoms with Crippen molar-refractivity contribution in [3.63, 3.8) is 0 Å². The number of nitriles is 1. The first kappa shape index (κ1) is 13.0. The molecule has 0 saturated heterocycles. The van der Waals surface area contributed by atoms with E-state index in [0.717, 1.165) is 6.42 Å². The van der Waals surface area contributed by atoms with Gasteiger partial charge in [0.1, 0.15) is 0 Å². The highest BCUT2D eigenvalue weighted by molar-refractivity contribution is 5.72. The number of hydrogen-bond donors (Lipinski definition) is 0. The van der Waals surface area contributed by atoms with Crippen molar-refractivity contribution in [2.75, 3.05) is 6.61 Å². The Labute approximate surface area is 86.1 Å². The molecule has 0 aliphatic rings. The van der Waals surface area contributed by atoms with Gasteiger partial charge in [0.2, 0.25) is 0 Å². The van der Waals surface area contributed by atoms with Gasteiger partial charge >= 0.3 is 5.97 Å². The van der Waals surface area contributed by atoms with Gasteiger partial charge in [0.25, 0.3) is 0 Å². The second-order valence-electron chi connectivity index (χ2n) is 3.91. The third kappa shape index (κ3) is 4.27. The van der Waals surface area contributed by atoms with Crippen molar-refractivity contribution in [2.24, 2.45) is 17.8 Å². The molecule has 2 unspecified atom stereocenters. The molecule has 0 aliphatic heterocycles. The summed E-state index contributed by atoms with van der Waals surface area (Å²) in [6.45, 7) is 8.00. The van der Waals surface area contributed by atoms with Gasteiger partial charge in [0.05, 0.1) is 24.5 Å². The van der Waals surface area contributed by atoms with Gasteiger partial charge in [-0.25, -0.2) is 0 Å². The first-order valence-electron chi connectivity index (χ1n) is 5.09. The standard InChI is InChI=1S/C11H19NO2/c1-5-14-11(13)9(4)10(7-12)6-8(2)3/h8-10H,5-6H2,1-4H3. The summed E-state index contributed by atoms with van der Waals surface area (Å²) >= 11 is 0. The minimum absolute atomic E-state index is 0.228. The van der Waals surface area contributed by atoms with Crippen LogP contribution in [0.5, 0.6) is 0 Å². The maximum absolute atomic E-state index is 11.4. The van der Waals surface area contributed by atoms with Gasteiger partial charge < -0.3 is 4.74 Å². The number of ether oxygens (including phenoxy) is 1. The maximum atomic E-state index is 11.4. The van der Waals surface area contributed by atoms with Crippen LogP contribution < -0.4 is 0 Å². The van der Waals surface area contributed by atoms with E-state index in [1.807, 2.05) is 13.8 Å². The van der Waals surface area contributed by atoms with E-state index in [0.29, 0.717) is 12.5 Å². The number of hydrogen-bond acceptors (Lipinski definition) is 3. The molecule has 80 valence electrons. The molecular weight excluding hydrogens is 178 g/mol. The molecule has 0 aromatic heterocycles. The topological polar surface area (TPSA) is 50.1 Å². The molecule has 0 rings (SSSR count). The van der Waals surface area contributed by atoms with Gasteiger partial charge in [-0.2, -0.15) is 5.26 Å². The van der Waals surface area contributed by atoms with Crippen LogP contribution in [0.3, 0.4) is 0 Å². The van der Waals surface area contributed by atoms with Crippen LogP contribution in [0.4, 0.5) is 0 Å². The third-order valence-electron chi connectivity index (χ3n) is 2.15. The molecule has 0 heterocycles. The molecule has 3 heteroatoms. The van der Waals surface area contributed by atoms with Crippen LogP contribution in [-0.2, 0) is 9.53 Å². The summed E-state index contributed by atoms with van der Waals surface area (Å²) in [6.07, 6.45) is 0.747. The Bertz CT molecular complexity index is 218. The molecule has 2 atom stereocenters. The number of nitrogens with zero attached hydrogens (tertiary/aromatic N) is 1. The number of carbonyl (C=O) groups is 1. The zero-order chi connectivity index (χ0) is 11.1. The SMILES string of the molecule is CCOC(=O)C(C)C(C#N)CC(C)C. The van der Waals surface area contributed by atoms with Crippen LogP contribution in [0.2, 0.25) is 0 Å². The summed E-state index contributed by atoms with van der Waals surface area (Å²) in [5, 5.41) is 8.90. The largest absolute Gasteiger partial charge is 0.466 e. The number of rotatable bonds is 5. The number of esters is 1. The van der Waals surface area contributed by atoms with Crippen LogP contribution >= 0.6 is 0 Å². The normalized spacial score (nSPS) is 14.6. The first-order valence-corrected chi connectivity index (χ1v) is 5.09. The Morgan fingerprint density at radius 2 is 2.00 bits per heavy atom. The predicted octanol–water partition coefficient (Wildman–Crippen LogP) is 2.37. The fourth-order valence-electron chi connectivity index (χ4n) is 1.31. The minimum atomic E-state index is -0.317. The van der Waals surface area contributed by atoms with Crippen LogP contribution in [-0.4, -0.2) is 12.6 Å². The van der Waals surface area contributed by atoms with Gasteiger partial charge in [-0.3, -0.25) is 4.79 Å². The predicted molar refractivity (Wildman–Crippen MR) is 54.4 cm³/mol. The third-order valence-corrected chi connectivity index (χ3v) is 2.15. The lowest BCUT2D eigenvalue weighted by Crippen LogP contribution is -2.23. The smallest absolute Gasteiger partial charge is 0.309 e. The van der Waals surface area contributed by atoms with Crippen LogP contribution in [0.15, 0.2) is 0 Å². The van der Waals surface area contributed by atoms with Crippen molar-refractivity contribution in [3.8, 4) is 6.07 Å². The highest BCUT2D eigenvalue weighted by atomic mass is 16.5. The van der Waals surface area contributed by atoms with Crippen molar-refractivity contribution in [2.45, 2.75) is 34.1 Å². The summed E-state index contributed by atoms with van der Waals surface area (Å²) in [5.41, 5.74) is 0. The summed E-state index contributed by atoms with van der Waals surface area (Å²) in [5.74, 6) is -0.382. The molecule has 0 amide bonds. The van der Waals surface area contributed by atoms with Crippen LogP contribution in [0.1, 0.15) is 34.1 Å². The van der Waals surface area contributed by atoms with E-state index in [1.165, 1.54) is 0 Å². The summed E-state index contributed by atoms with van der Waals surface area (Å²) < 4.78 is 4.88. The average Bonchev–Trinajstić information content (AvgIpc) is 2.13. The Kier molecular flexibility index (Phi) is 5.94. The Morgan fingerprint density at radius 3 is 2.36 bits per heavy atom. The molecule has 3 nitrogen and oxygen atoms in total. The molecule has 0 N–H and O–H groups in total. The fraction of sp³-hybridized carbons (Fsp3) is 0.818. The Hall–Kier alpha value is -1.04. The Balaban J connectivity index is 4.24. The zero-order valence-electron chi connectivity index (χ0n) is 9.41. The van der Waals surface area contributed by atoms with Crippen molar-refractivity contribution < 1.29 is 9.53 Å². The van der Waals surface area contributed by atoms with Crippen LogP contribution in [0, 0.1) is 29.1 Å². The van der Waals surface area contributed by atoms with Crippen LogP contribution in [0.25, 0.3) is 0 Å². The molecule has 0 aromatic rings. The molecule has 0 fully saturated rings. The van der Waals surface area contributed by atoms with E-state index in [9.17, 15) is 4.79 Å². The van der Waals surface area contributed by atoms with Gasteiger partial charge in [-0.1, -0.05) is 20.8 Å². The number of carbonyl (C=O) groups excluding carboxylic acids is 1. The lowest BCUT2D eigenvalue weighted by atomic mass is 9.88. The van der Waals surface area contributed by atoms with E-state index in [2.05, 4.69) is 6.07 Å². The Morgan fingerprint density at radius 1 is 1.43 bits per heavy atom. The highest BCUT2D eigenvalue weighted by Gasteiger charge is 2.25. The average molecular weight is 197 g/mol. The van der Waals surface area contributed by atoms with Crippen molar-refractivity contribution in [3.05, 3.63) is 0 Å². The van der Waals surface area contributed by atoms with E-state index >= 15 is 0 Å². The highest BCUT2D eigenvalue weighted by Crippen LogP contribution is 2.20. The molecular formula is C11H19NO2. The summed E-state index contributed by atoms with van der Waals surface area (Å²) in [7, 11) is 0.